The first-order valence-corrected chi connectivity index (χ1v) is 11.7. The summed E-state index contributed by atoms with van der Waals surface area (Å²) in [4.78, 5) is 8.43. The van der Waals surface area contributed by atoms with Crippen molar-refractivity contribution in [3.63, 3.8) is 0 Å². The Balaban J connectivity index is 1.40. The molecule has 0 fully saturated rings. The summed E-state index contributed by atoms with van der Waals surface area (Å²) in [6.45, 7) is 3.69. The van der Waals surface area contributed by atoms with Gasteiger partial charge in [-0.15, -0.1) is 0 Å². The molecule has 0 saturated carbocycles. The van der Waals surface area contributed by atoms with Crippen LogP contribution in [0.4, 0.5) is 13.2 Å². The number of benzene rings is 2. The average Bonchev–Trinajstić information content (AvgIpc) is 3.62. The van der Waals surface area contributed by atoms with Crippen LogP contribution in [0.2, 0.25) is 0 Å². The van der Waals surface area contributed by atoms with E-state index in [1.807, 2.05) is 25.1 Å². The van der Waals surface area contributed by atoms with Gasteiger partial charge in [0.1, 0.15) is 5.69 Å². The summed E-state index contributed by atoms with van der Waals surface area (Å²) < 4.78 is 50.0. The molecule has 188 valence electrons. The maximum Gasteiger partial charge on any atom is 0.416 e. The van der Waals surface area contributed by atoms with Crippen LogP contribution in [-0.2, 0) is 12.6 Å². The molecule has 0 aliphatic carbocycles. The Labute approximate surface area is 214 Å². The largest absolute Gasteiger partial charge is 0.416 e. The number of alkyl halides is 3. The molecule has 0 amide bonds. The molecular weight excluding hydrogens is 493 g/mol. The van der Waals surface area contributed by atoms with Gasteiger partial charge in [-0.3, -0.25) is 0 Å². The van der Waals surface area contributed by atoms with Crippen molar-refractivity contribution in [3.05, 3.63) is 107 Å². The molecule has 2 aromatic carbocycles. The lowest BCUT2D eigenvalue weighted by Crippen LogP contribution is -2.08. The van der Waals surface area contributed by atoms with Crippen LogP contribution in [0.5, 0.6) is 0 Å². The third-order valence-electron chi connectivity index (χ3n) is 6.20. The summed E-state index contributed by atoms with van der Waals surface area (Å²) in [6, 6.07) is 11.3. The number of nitrogens with zero attached hydrogens (tertiary/aromatic N) is 6. The molecule has 10 heteroatoms. The summed E-state index contributed by atoms with van der Waals surface area (Å²) in [6.07, 6.45) is 2.11. The Morgan fingerprint density at radius 1 is 1.03 bits per heavy atom. The van der Waals surface area contributed by atoms with Gasteiger partial charge in [-0.25, -0.2) is 14.5 Å². The highest BCUT2D eigenvalue weighted by atomic mass is 19.4. The summed E-state index contributed by atoms with van der Waals surface area (Å²) in [5.41, 5.74) is 4.59. The molecule has 4 aromatic heterocycles. The van der Waals surface area contributed by atoms with E-state index in [2.05, 4.69) is 32.1 Å². The number of rotatable bonds is 3. The maximum absolute atomic E-state index is 13.7. The van der Waals surface area contributed by atoms with Crippen LogP contribution in [0.1, 0.15) is 39.3 Å². The van der Waals surface area contributed by atoms with Gasteiger partial charge in [-0.1, -0.05) is 17.1 Å². The summed E-state index contributed by atoms with van der Waals surface area (Å²) in [7, 11) is 0. The van der Waals surface area contributed by atoms with E-state index < -0.39 is 11.7 Å². The third kappa shape index (κ3) is 4.28. The van der Waals surface area contributed by atoms with Crippen LogP contribution in [0, 0.1) is 25.7 Å². The molecule has 38 heavy (non-hydrogen) atoms. The zero-order chi connectivity index (χ0) is 26.4. The van der Waals surface area contributed by atoms with E-state index >= 15 is 0 Å². The number of halogens is 3. The highest BCUT2D eigenvalue weighted by Crippen LogP contribution is 2.33. The Morgan fingerprint density at radius 2 is 1.89 bits per heavy atom. The Kier molecular flexibility index (Phi) is 5.49. The van der Waals surface area contributed by atoms with E-state index in [1.165, 1.54) is 6.33 Å². The lowest BCUT2D eigenvalue weighted by molar-refractivity contribution is -0.137. The molecule has 0 atom stereocenters. The van der Waals surface area contributed by atoms with Crippen LogP contribution in [-0.4, -0.2) is 29.3 Å². The van der Waals surface area contributed by atoms with Crippen molar-refractivity contribution in [1.29, 1.82) is 0 Å². The molecule has 6 rings (SSSR count). The molecule has 0 unspecified atom stereocenters. The number of aromatic nitrogens is 6. The van der Waals surface area contributed by atoms with Gasteiger partial charge in [-0.2, -0.15) is 18.3 Å². The number of imidazole rings is 2. The van der Waals surface area contributed by atoms with E-state index in [0.717, 1.165) is 17.7 Å². The van der Waals surface area contributed by atoms with Crippen LogP contribution in [0.3, 0.4) is 0 Å². The van der Waals surface area contributed by atoms with Crippen molar-refractivity contribution < 1.29 is 17.7 Å². The van der Waals surface area contributed by atoms with Crippen molar-refractivity contribution >= 4 is 16.6 Å². The predicted molar refractivity (Wildman–Crippen MR) is 134 cm³/mol. The molecule has 0 aliphatic rings. The predicted octanol–water partition coefficient (Wildman–Crippen LogP) is 5.68. The smallest absolute Gasteiger partial charge is 0.355 e. The zero-order valence-electron chi connectivity index (χ0n) is 20.3. The minimum absolute atomic E-state index is 0.144. The molecule has 0 bridgehead atoms. The monoisotopic (exact) mass is 512 g/mol. The molecule has 6 aromatic rings. The summed E-state index contributed by atoms with van der Waals surface area (Å²) in [5, 5.41) is 9.18. The highest BCUT2D eigenvalue weighted by molar-refractivity contribution is 5.86. The van der Waals surface area contributed by atoms with Crippen LogP contribution in [0.25, 0.3) is 22.3 Å². The SMILES string of the molecule is Cc1cn(-c2cc(Cc3noc4c(C#Cc5cnc6cccnn56)c(C)ccc34)cc(C(F)(F)F)c2)cn1. The fourth-order valence-corrected chi connectivity index (χ4v) is 4.32. The van der Waals surface area contributed by atoms with Crippen molar-refractivity contribution in [2.75, 3.05) is 0 Å². The van der Waals surface area contributed by atoms with Crippen LogP contribution < -0.4 is 0 Å². The first-order chi connectivity index (χ1) is 18.3. The van der Waals surface area contributed by atoms with Gasteiger partial charge < -0.3 is 9.09 Å². The topological polar surface area (TPSA) is 74.0 Å². The minimum atomic E-state index is -4.50. The second-order valence-corrected chi connectivity index (χ2v) is 8.94. The summed E-state index contributed by atoms with van der Waals surface area (Å²) in [5.74, 6) is 6.24. The van der Waals surface area contributed by atoms with Crippen LogP contribution in [0.15, 0.2) is 71.9 Å². The fraction of sp³-hybridized carbons (Fsp3) is 0.143. The second-order valence-electron chi connectivity index (χ2n) is 8.94. The Bertz CT molecular complexity index is 1880. The normalized spacial score (nSPS) is 11.7. The molecule has 0 radical (unpaired) electrons. The van der Waals surface area contributed by atoms with E-state index in [-0.39, 0.29) is 6.42 Å². The lowest BCUT2D eigenvalue weighted by atomic mass is 10.0. The molecule has 4 heterocycles. The number of hydrogen-bond acceptors (Lipinski definition) is 5. The molecule has 0 N–H and O–H groups in total. The van der Waals surface area contributed by atoms with E-state index in [4.69, 9.17) is 4.52 Å². The Morgan fingerprint density at radius 3 is 2.68 bits per heavy atom. The van der Waals surface area contributed by atoms with Gasteiger partial charge in [0, 0.05) is 29.9 Å². The molecule has 0 saturated heterocycles. The molecule has 0 aliphatic heterocycles. The van der Waals surface area contributed by atoms with Gasteiger partial charge >= 0.3 is 6.18 Å². The standard InChI is InChI=1S/C28H19F3N6O/c1-17-5-7-24-25(12-19-10-20(28(29,30)31)13-22(11-19)36-15-18(2)33-16-36)35-38-27(24)23(17)8-6-21-14-32-26-4-3-9-34-37(21)26/h3-5,7,9-11,13-16H,12H2,1-2H3. The Hall–Kier alpha value is -4.91. The van der Waals surface area contributed by atoms with Gasteiger partial charge in [-0.05, 0) is 67.3 Å². The van der Waals surface area contributed by atoms with E-state index in [1.54, 1.807) is 46.7 Å². The molecular formula is C28H19F3N6O. The number of hydrogen-bond donors (Lipinski definition) is 0. The van der Waals surface area contributed by atoms with Gasteiger partial charge in [0.25, 0.3) is 0 Å². The second kappa shape index (κ2) is 8.88. The van der Waals surface area contributed by atoms with Crippen molar-refractivity contribution in [3.8, 4) is 17.5 Å². The van der Waals surface area contributed by atoms with Crippen LogP contribution >= 0.6 is 0 Å². The zero-order valence-corrected chi connectivity index (χ0v) is 20.3. The first-order valence-electron chi connectivity index (χ1n) is 11.7. The first kappa shape index (κ1) is 23.5. The maximum atomic E-state index is 13.7. The molecule has 7 nitrogen and oxygen atoms in total. The van der Waals surface area contributed by atoms with Gasteiger partial charge in [0.15, 0.2) is 11.2 Å². The van der Waals surface area contributed by atoms with E-state index in [9.17, 15) is 13.2 Å². The number of aryl methyl sites for hydroxylation is 2. The van der Waals surface area contributed by atoms with E-state index in [0.29, 0.717) is 50.5 Å². The quantitative estimate of drug-likeness (QED) is 0.285. The minimum Gasteiger partial charge on any atom is -0.355 e. The summed E-state index contributed by atoms with van der Waals surface area (Å²) >= 11 is 0. The highest BCUT2D eigenvalue weighted by Gasteiger charge is 2.31. The molecule has 0 spiro atoms. The van der Waals surface area contributed by atoms with Crippen molar-refractivity contribution in [1.82, 2.24) is 29.3 Å². The van der Waals surface area contributed by atoms with Crippen molar-refractivity contribution in [2.45, 2.75) is 26.4 Å². The van der Waals surface area contributed by atoms with Gasteiger partial charge in [0.05, 0.1) is 35.0 Å². The third-order valence-corrected chi connectivity index (χ3v) is 6.20. The average molecular weight is 512 g/mol. The van der Waals surface area contributed by atoms with Crippen molar-refractivity contribution in [2.24, 2.45) is 0 Å². The fourth-order valence-electron chi connectivity index (χ4n) is 4.32. The lowest BCUT2D eigenvalue weighted by Gasteiger charge is -2.12. The number of fused-ring (bicyclic) bond motifs is 2. The van der Waals surface area contributed by atoms with Gasteiger partial charge in [0.2, 0.25) is 0 Å².